The molecule has 0 radical (unpaired) electrons. The molecule has 0 bridgehead atoms. The Labute approximate surface area is 130 Å². The molecule has 0 aliphatic carbocycles. The van der Waals surface area contributed by atoms with Crippen LogP contribution in [0.2, 0.25) is 0 Å². The largest absolute Gasteiger partial charge is 0.346 e. The smallest absolute Gasteiger partial charge is 0.137 e. The van der Waals surface area contributed by atoms with Crippen LogP contribution >= 0.6 is 0 Å². The number of pyridine rings is 2. The Bertz CT molecular complexity index is 742. The highest BCUT2D eigenvalue weighted by Crippen LogP contribution is 2.28. The lowest BCUT2D eigenvalue weighted by Gasteiger charge is -2.31. The van der Waals surface area contributed by atoms with Gasteiger partial charge in [-0.25, -0.2) is 4.98 Å². The van der Waals surface area contributed by atoms with Gasteiger partial charge in [-0.05, 0) is 55.8 Å². The van der Waals surface area contributed by atoms with Crippen molar-refractivity contribution in [3.05, 3.63) is 60.2 Å². The molecular formula is C18H20N4. The van der Waals surface area contributed by atoms with Gasteiger partial charge in [-0.15, -0.1) is 0 Å². The first-order valence-electron chi connectivity index (χ1n) is 7.94. The molecule has 4 heterocycles. The van der Waals surface area contributed by atoms with Crippen molar-refractivity contribution in [1.29, 1.82) is 0 Å². The second-order valence-corrected chi connectivity index (χ2v) is 6.02. The number of rotatable bonds is 3. The molecule has 22 heavy (non-hydrogen) atoms. The Morgan fingerprint density at radius 1 is 1.05 bits per heavy atom. The zero-order valence-corrected chi connectivity index (χ0v) is 12.6. The number of hydrogen-bond donors (Lipinski definition) is 1. The molecule has 1 N–H and O–H groups in total. The van der Waals surface area contributed by atoms with Gasteiger partial charge < -0.3 is 4.98 Å². The topological polar surface area (TPSA) is 44.8 Å². The van der Waals surface area contributed by atoms with Gasteiger partial charge in [0.15, 0.2) is 0 Å². The molecule has 0 unspecified atom stereocenters. The Morgan fingerprint density at radius 2 is 1.91 bits per heavy atom. The van der Waals surface area contributed by atoms with Crippen LogP contribution in [-0.4, -0.2) is 32.9 Å². The average Bonchev–Trinajstić information content (AvgIpc) is 3.00. The number of hydrogen-bond acceptors (Lipinski definition) is 3. The highest BCUT2D eigenvalue weighted by molar-refractivity contribution is 5.79. The first-order valence-corrected chi connectivity index (χ1v) is 7.94. The minimum absolute atomic E-state index is 0.613. The predicted octanol–water partition coefficient (Wildman–Crippen LogP) is 3.34. The molecule has 1 saturated heterocycles. The van der Waals surface area contributed by atoms with Crippen molar-refractivity contribution in [2.75, 3.05) is 13.1 Å². The van der Waals surface area contributed by atoms with Gasteiger partial charge in [-0.1, -0.05) is 6.07 Å². The molecule has 3 aromatic rings. The van der Waals surface area contributed by atoms with Gasteiger partial charge >= 0.3 is 0 Å². The van der Waals surface area contributed by atoms with Crippen LogP contribution in [0.25, 0.3) is 11.0 Å². The molecule has 0 aromatic carbocycles. The van der Waals surface area contributed by atoms with E-state index in [9.17, 15) is 0 Å². The van der Waals surface area contributed by atoms with E-state index < -0.39 is 0 Å². The van der Waals surface area contributed by atoms with Crippen LogP contribution in [0.4, 0.5) is 0 Å². The van der Waals surface area contributed by atoms with Gasteiger partial charge in [0, 0.05) is 42.1 Å². The van der Waals surface area contributed by atoms with E-state index in [0.717, 1.165) is 25.3 Å². The Hall–Kier alpha value is -2.20. The third-order valence-electron chi connectivity index (χ3n) is 4.62. The van der Waals surface area contributed by atoms with Crippen LogP contribution < -0.4 is 0 Å². The molecule has 1 fully saturated rings. The number of H-pyrrole nitrogens is 1. The van der Waals surface area contributed by atoms with Crippen LogP contribution in [-0.2, 0) is 6.54 Å². The Balaban J connectivity index is 1.42. The summed E-state index contributed by atoms with van der Waals surface area (Å²) in [5, 5.41) is 1.24. The molecule has 0 saturated carbocycles. The summed E-state index contributed by atoms with van der Waals surface area (Å²) in [6, 6.07) is 10.4. The minimum Gasteiger partial charge on any atom is -0.346 e. The summed E-state index contributed by atoms with van der Waals surface area (Å²) in [5.41, 5.74) is 3.58. The van der Waals surface area contributed by atoms with Crippen LogP contribution in [0, 0.1) is 0 Å². The molecule has 112 valence electrons. The fraction of sp³-hybridized carbons (Fsp3) is 0.333. The van der Waals surface area contributed by atoms with Crippen LogP contribution in [0.5, 0.6) is 0 Å². The van der Waals surface area contributed by atoms with Crippen molar-refractivity contribution < 1.29 is 0 Å². The average molecular weight is 292 g/mol. The zero-order chi connectivity index (χ0) is 14.8. The lowest BCUT2D eigenvalue weighted by atomic mass is 9.93. The highest BCUT2D eigenvalue weighted by Gasteiger charge is 2.21. The zero-order valence-electron chi connectivity index (χ0n) is 12.6. The first-order chi connectivity index (χ1) is 10.9. The summed E-state index contributed by atoms with van der Waals surface area (Å²) < 4.78 is 0. The second-order valence-electron chi connectivity index (χ2n) is 6.02. The molecule has 1 aliphatic heterocycles. The van der Waals surface area contributed by atoms with Crippen LogP contribution in [0.15, 0.2) is 48.9 Å². The first kappa shape index (κ1) is 13.5. The number of likely N-dealkylation sites (tertiary alicyclic amines) is 1. The maximum absolute atomic E-state index is 4.51. The fourth-order valence-corrected chi connectivity index (χ4v) is 3.39. The number of nitrogens with zero attached hydrogens (tertiary/aromatic N) is 3. The number of aromatic nitrogens is 3. The summed E-state index contributed by atoms with van der Waals surface area (Å²) in [6.45, 7) is 3.27. The van der Waals surface area contributed by atoms with Crippen molar-refractivity contribution in [1.82, 2.24) is 19.9 Å². The monoisotopic (exact) mass is 292 g/mol. The third kappa shape index (κ3) is 2.62. The summed E-state index contributed by atoms with van der Waals surface area (Å²) >= 11 is 0. The SMILES string of the molecule is c1ccc(C2CCN(Cc3c[nH]c4ncccc34)CC2)nc1. The number of aromatic amines is 1. The second kappa shape index (κ2) is 5.89. The molecule has 4 nitrogen and oxygen atoms in total. The third-order valence-corrected chi connectivity index (χ3v) is 4.62. The minimum atomic E-state index is 0.613. The van der Waals surface area contributed by atoms with Crippen molar-refractivity contribution in [3.63, 3.8) is 0 Å². The van der Waals surface area contributed by atoms with Crippen molar-refractivity contribution >= 4 is 11.0 Å². The predicted molar refractivity (Wildman–Crippen MR) is 87.6 cm³/mol. The van der Waals surface area contributed by atoms with Gasteiger partial charge in [0.2, 0.25) is 0 Å². The summed E-state index contributed by atoms with van der Waals surface area (Å²) in [7, 11) is 0. The van der Waals surface area contributed by atoms with E-state index in [0.29, 0.717) is 5.92 Å². The fourth-order valence-electron chi connectivity index (χ4n) is 3.39. The maximum atomic E-state index is 4.51. The van der Waals surface area contributed by atoms with Gasteiger partial charge in [0.25, 0.3) is 0 Å². The summed E-state index contributed by atoms with van der Waals surface area (Å²) in [5.74, 6) is 0.613. The molecule has 1 aliphatic rings. The molecular weight excluding hydrogens is 272 g/mol. The number of nitrogens with one attached hydrogen (secondary N) is 1. The normalized spacial score (nSPS) is 17.1. The number of piperidine rings is 1. The van der Waals surface area contributed by atoms with E-state index in [1.807, 2.05) is 24.5 Å². The maximum Gasteiger partial charge on any atom is 0.137 e. The van der Waals surface area contributed by atoms with Crippen molar-refractivity contribution in [2.24, 2.45) is 0 Å². The van der Waals surface area contributed by atoms with E-state index in [1.54, 1.807) is 0 Å². The highest BCUT2D eigenvalue weighted by atomic mass is 15.1. The van der Waals surface area contributed by atoms with E-state index in [1.165, 1.54) is 29.5 Å². The summed E-state index contributed by atoms with van der Waals surface area (Å²) in [6.07, 6.45) is 8.22. The lowest BCUT2D eigenvalue weighted by molar-refractivity contribution is 0.204. The molecule has 4 rings (SSSR count). The van der Waals surface area contributed by atoms with E-state index in [4.69, 9.17) is 0 Å². The van der Waals surface area contributed by atoms with Crippen molar-refractivity contribution in [3.8, 4) is 0 Å². The van der Waals surface area contributed by atoms with E-state index in [-0.39, 0.29) is 0 Å². The quantitative estimate of drug-likeness (QED) is 0.805. The molecule has 0 atom stereocenters. The van der Waals surface area contributed by atoms with E-state index >= 15 is 0 Å². The van der Waals surface area contributed by atoms with Gasteiger partial charge in [0.05, 0.1) is 0 Å². The van der Waals surface area contributed by atoms with Gasteiger partial charge in [-0.3, -0.25) is 9.88 Å². The number of fused-ring (bicyclic) bond motifs is 1. The van der Waals surface area contributed by atoms with Gasteiger partial charge in [0.1, 0.15) is 5.65 Å². The Morgan fingerprint density at radius 3 is 2.73 bits per heavy atom. The molecule has 3 aromatic heterocycles. The Kier molecular flexibility index (Phi) is 3.60. The molecule has 4 heteroatoms. The van der Waals surface area contributed by atoms with Crippen LogP contribution in [0.1, 0.15) is 30.0 Å². The van der Waals surface area contributed by atoms with Gasteiger partial charge in [-0.2, -0.15) is 0 Å². The summed E-state index contributed by atoms with van der Waals surface area (Å²) in [4.78, 5) is 14.7. The van der Waals surface area contributed by atoms with Crippen molar-refractivity contribution in [2.45, 2.75) is 25.3 Å². The molecule has 0 amide bonds. The standard InChI is InChI=1S/C18H20N4/c1-2-8-19-17(5-1)14-6-10-22(11-7-14)13-15-12-21-18-16(15)4-3-9-20-18/h1-5,8-9,12,14H,6-7,10-11,13H2,(H,20,21). The lowest BCUT2D eigenvalue weighted by Crippen LogP contribution is -2.32. The van der Waals surface area contributed by atoms with Crippen LogP contribution in [0.3, 0.4) is 0 Å². The molecule has 0 spiro atoms. The van der Waals surface area contributed by atoms with E-state index in [2.05, 4.69) is 44.2 Å².